The molecule has 0 amide bonds. The van der Waals surface area contributed by atoms with Crippen LogP contribution in [0.3, 0.4) is 0 Å². The summed E-state index contributed by atoms with van der Waals surface area (Å²) < 4.78 is 0. The number of H-pyrrole nitrogens is 1. The van der Waals surface area contributed by atoms with Crippen molar-refractivity contribution in [1.82, 2.24) is 15.2 Å². The quantitative estimate of drug-likeness (QED) is 0.352. The van der Waals surface area contributed by atoms with E-state index in [1.54, 1.807) is 6.20 Å². The highest BCUT2D eigenvalue weighted by atomic mass is 16.1. The van der Waals surface area contributed by atoms with Crippen LogP contribution in [0.15, 0.2) is 66.9 Å². The van der Waals surface area contributed by atoms with Crippen molar-refractivity contribution in [3.63, 3.8) is 0 Å². The lowest BCUT2D eigenvalue weighted by Crippen LogP contribution is -2.12. The van der Waals surface area contributed by atoms with E-state index in [9.17, 15) is 4.79 Å². The fourth-order valence-corrected chi connectivity index (χ4v) is 3.30. The number of unbranched alkanes of at least 4 members (excludes halogenated alkanes) is 1. The second kappa shape index (κ2) is 8.05. The molecular weight excluding hydrogens is 348 g/mol. The first kappa shape index (κ1) is 17.9. The van der Waals surface area contributed by atoms with Crippen molar-refractivity contribution in [2.75, 3.05) is 11.9 Å². The maximum absolute atomic E-state index is 13.5. The minimum atomic E-state index is -0.0472. The first-order valence-corrected chi connectivity index (χ1v) is 9.55. The van der Waals surface area contributed by atoms with Crippen LogP contribution in [0.5, 0.6) is 0 Å². The van der Waals surface area contributed by atoms with Gasteiger partial charge in [0.25, 0.3) is 0 Å². The van der Waals surface area contributed by atoms with Crippen molar-refractivity contribution in [2.24, 2.45) is 0 Å². The zero-order chi connectivity index (χ0) is 19.3. The Bertz CT molecular complexity index is 1090. The molecule has 0 aliphatic carbocycles. The Labute approximate surface area is 163 Å². The third-order valence-electron chi connectivity index (χ3n) is 4.74. The Hall–Kier alpha value is -3.47. The van der Waals surface area contributed by atoms with Gasteiger partial charge in [-0.15, -0.1) is 0 Å². The molecule has 2 aromatic heterocycles. The molecule has 5 nitrogen and oxygen atoms in total. The summed E-state index contributed by atoms with van der Waals surface area (Å²) in [6, 6.07) is 19.2. The van der Waals surface area contributed by atoms with Crippen LogP contribution >= 0.6 is 0 Å². The van der Waals surface area contributed by atoms with Gasteiger partial charge in [-0.05, 0) is 6.42 Å². The molecule has 0 aliphatic rings. The molecule has 5 heteroatoms. The number of ketones is 1. The second-order valence-electron chi connectivity index (χ2n) is 6.68. The predicted molar refractivity (Wildman–Crippen MR) is 113 cm³/mol. The molecule has 4 aromatic rings. The minimum absolute atomic E-state index is 0.0472. The number of rotatable bonds is 7. The molecule has 0 saturated heterocycles. The number of hydrogen-bond acceptors (Lipinski definition) is 4. The largest absolute Gasteiger partial charge is 0.384 e. The van der Waals surface area contributed by atoms with Crippen molar-refractivity contribution >= 4 is 22.5 Å². The molecule has 0 atom stereocenters. The Kier molecular flexibility index (Phi) is 5.15. The van der Waals surface area contributed by atoms with Crippen LogP contribution in [-0.2, 0) is 0 Å². The lowest BCUT2D eigenvalue weighted by Gasteiger charge is -2.16. The van der Waals surface area contributed by atoms with Crippen LogP contribution in [0.4, 0.5) is 5.69 Å². The number of aromatic nitrogens is 3. The highest BCUT2D eigenvalue weighted by molar-refractivity contribution is 6.19. The zero-order valence-electron chi connectivity index (χ0n) is 15.8. The Morgan fingerprint density at radius 1 is 1.04 bits per heavy atom. The fourth-order valence-electron chi connectivity index (χ4n) is 3.30. The molecular formula is C23H22N4O. The van der Waals surface area contributed by atoms with Crippen molar-refractivity contribution in [2.45, 2.75) is 19.8 Å². The standard InChI is InChI=1S/C23H22N4O/c1-2-3-14-24-21-18-15-25-27-23(18)26-20(16-10-6-4-7-11-16)19(21)22(28)17-12-8-5-9-13-17/h4-13,15H,2-3,14H2,1H3,(H2,24,25,26,27). The van der Waals surface area contributed by atoms with Crippen LogP contribution in [0.2, 0.25) is 0 Å². The molecule has 4 rings (SSSR count). The minimum Gasteiger partial charge on any atom is -0.384 e. The van der Waals surface area contributed by atoms with Gasteiger partial charge in [0.15, 0.2) is 11.4 Å². The zero-order valence-corrected chi connectivity index (χ0v) is 15.8. The van der Waals surface area contributed by atoms with Crippen LogP contribution < -0.4 is 5.32 Å². The van der Waals surface area contributed by atoms with E-state index in [0.29, 0.717) is 22.5 Å². The smallest absolute Gasteiger partial charge is 0.197 e. The molecule has 140 valence electrons. The number of carbonyl (C=O) groups is 1. The van der Waals surface area contributed by atoms with Gasteiger partial charge in [-0.2, -0.15) is 5.10 Å². The third kappa shape index (κ3) is 3.39. The number of nitrogens with zero attached hydrogens (tertiary/aromatic N) is 2. The van der Waals surface area contributed by atoms with E-state index in [2.05, 4.69) is 22.4 Å². The Balaban J connectivity index is 1.97. The lowest BCUT2D eigenvalue weighted by molar-refractivity contribution is 0.104. The molecule has 0 saturated carbocycles. The van der Waals surface area contributed by atoms with Gasteiger partial charge in [0.2, 0.25) is 0 Å². The molecule has 0 radical (unpaired) electrons. The lowest BCUT2D eigenvalue weighted by atomic mass is 9.95. The SMILES string of the molecule is CCCCNc1c(C(=O)c2ccccc2)c(-c2ccccc2)nc2[nH]ncc12. The monoisotopic (exact) mass is 370 g/mol. The van der Waals surface area contributed by atoms with Crippen LogP contribution in [0.25, 0.3) is 22.3 Å². The van der Waals surface area contributed by atoms with Crippen LogP contribution in [0, 0.1) is 0 Å². The van der Waals surface area contributed by atoms with E-state index < -0.39 is 0 Å². The number of nitrogens with one attached hydrogen (secondary N) is 2. The number of carbonyl (C=O) groups excluding carboxylic acids is 1. The summed E-state index contributed by atoms with van der Waals surface area (Å²) in [5.74, 6) is -0.0472. The van der Waals surface area contributed by atoms with Gasteiger partial charge in [-0.3, -0.25) is 9.89 Å². The van der Waals surface area contributed by atoms with E-state index in [4.69, 9.17) is 4.98 Å². The van der Waals surface area contributed by atoms with E-state index in [1.165, 1.54) is 0 Å². The molecule has 2 heterocycles. The highest BCUT2D eigenvalue weighted by Gasteiger charge is 2.24. The van der Waals surface area contributed by atoms with Gasteiger partial charge in [0.05, 0.1) is 28.5 Å². The van der Waals surface area contributed by atoms with E-state index >= 15 is 0 Å². The van der Waals surface area contributed by atoms with Gasteiger partial charge < -0.3 is 5.32 Å². The van der Waals surface area contributed by atoms with E-state index in [0.717, 1.165) is 36.0 Å². The first-order chi connectivity index (χ1) is 13.8. The maximum atomic E-state index is 13.5. The van der Waals surface area contributed by atoms with Crippen molar-refractivity contribution in [3.8, 4) is 11.3 Å². The average Bonchev–Trinajstić information content (AvgIpc) is 3.23. The third-order valence-corrected chi connectivity index (χ3v) is 4.74. The molecule has 0 spiro atoms. The predicted octanol–water partition coefficient (Wildman–Crippen LogP) is 5.07. The maximum Gasteiger partial charge on any atom is 0.197 e. The molecule has 0 aliphatic heterocycles. The van der Waals surface area contributed by atoms with Gasteiger partial charge in [0.1, 0.15) is 0 Å². The Morgan fingerprint density at radius 3 is 2.46 bits per heavy atom. The average molecular weight is 370 g/mol. The number of aromatic amines is 1. The first-order valence-electron chi connectivity index (χ1n) is 9.55. The summed E-state index contributed by atoms with van der Waals surface area (Å²) in [5.41, 5.74) is 4.25. The summed E-state index contributed by atoms with van der Waals surface area (Å²) in [7, 11) is 0. The normalized spacial score (nSPS) is 10.9. The molecule has 0 bridgehead atoms. The molecule has 2 N–H and O–H groups in total. The summed E-state index contributed by atoms with van der Waals surface area (Å²) >= 11 is 0. The number of pyridine rings is 1. The van der Waals surface area contributed by atoms with Crippen LogP contribution in [0.1, 0.15) is 35.7 Å². The summed E-state index contributed by atoms with van der Waals surface area (Å²) in [4.78, 5) is 18.3. The van der Waals surface area contributed by atoms with Gasteiger partial charge in [-0.25, -0.2) is 4.98 Å². The van der Waals surface area contributed by atoms with Crippen molar-refractivity contribution in [1.29, 1.82) is 0 Å². The molecule has 0 fully saturated rings. The number of benzene rings is 2. The topological polar surface area (TPSA) is 70.7 Å². The summed E-state index contributed by atoms with van der Waals surface area (Å²) in [6.07, 6.45) is 3.81. The molecule has 2 aromatic carbocycles. The Morgan fingerprint density at radius 2 is 1.75 bits per heavy atom. The highest BCUT2D eigenvalue weighted by Crippen LogP contribution is 2.35. The molecule has 0 unspecified atom stereocenters. The second-order valence-corrected chi connectivity index (χ2v) is 6.68. The summed E-state index contributed by atoms with van der Waals surface area (Å²) in [5, 5.41) is 11.4. The van der Waals surface area contributed by atoms with Gasteiger partial charge in [0, 0.05) is 17.7 Å². The van der Waals surface area contributed by atoms with Gasteiger partial charge in [-0.1, -0.05) is 74.0 Å². The van der Waals surface area contributed by atoms with Crippen molar-refractivity contribution in [3.05, 3.63) is 78.0 Å². The summed E-state index contributed by atoms with van der Waals surface area (Å²) in [6.45, 7) is 2.93. The van der Waals surface area contributed by atoms with Gasteiger partial charge >= 0.3 is 0 Å². The molecule has 28 heavy (non-hydrogen) atoms. The van der Waals surface area contributed by atoms with Crippen molar-refractivity contribution < 1.29 is 4.79 Å². The number of anilines is 1. The van der Waals surface area contributed by atoms with Crippen LogP contribution in [-0.4, -0.2) is 27.5 Å². The van der Waals surface area contributed by atoms with E-state index in [-0.39, 0.29) is 5.78 Å². The number of hydrogen-bond donors (Lipinski definition) is 2. The number of fused-ring (bicyclic) bond motifs is 1. The van der Waals surface area contributed by atoms with E-state index in [1.807, 2.05) is 60.7 Å². The fraction of sp³-hybridized carbons (Fsp3) is 0.174.